The highest BCUT2D eigenvalue weighted by Crippen LogP contribution is 1.99. The van der Waals surface area contributed by atoms with Gasteiger partial charge in [0.15, 0.2) is 5.96 Å². The first-order chi connectivity index (χ1) is 11.6. The summed E-state index contributed by atoms with van der Waals surface area (Å²) < 4.78 is 26.6. The average Bonchev–Trinajstić information content (AvgIpc) is 2.59. The van der Waals surface area contributed by atoms with Gasteiger partial charge >= 0.3 is 0 Å². The molecule has 0 aliphatic heterocycles. The fourth-order valence-corrected chi connectivity index (χ4v) is 3.05. The maximum Gasteiger partial charge on any atom is 0.213 e. The van der Waals surface area contributed by atoms with Gasteiger partial charge in [-0.15, -0.1) is 0 Å². The lowest BCUT2D eigenvalue weighted by atomic mass is 10.2. The molecule has 1 rings (SSSR count). The zero-order valence-corrected chi connectivity index (χ0v) is 15.5. The predicted octanol–water partition coefficient (Wildman–Crippen LogP) is 1.85. The molecule has 0 saturated carbocycles. The number of aliphatic imine (C=N–C) groups is 1. The first kappa shape index (κ1) is 20.4. The lowest BCUT2D eigenvalue weighted by Crippen LogP contribution is -2.41. The Kier molecular flexibility index (Phi) is 10.1. The van der Waals surface area contributed by atoms with Crippen molar-refractivity contribution in [1.82, 2.24) is 15.4 Å². The van der Waals surface area contributed by atoms with Crippen molar-refractivity contribution in [2.75, 3.05) is 25.9 Å². The summed E-state index contributed by atoms with van der Waals surface area (Å²) in [5.74, 6) is 0.654. The van der Waals surface area contributed by atoms with E-state index in [-0.39, 0.29) is 5.75 Å². The van der Waals surface area contributed by atoms with Crippen LogP contribution in [0.5, 0.6) is 0 Å². The first-order valence-electron chi connectivity index (χ1n) is 8.53. The third kappa shape index (κ3) is 9.52. The normalized spacial score (nSPS) is 12.2. The third-order valence-corrected chi connectivity index (χ3v) is 4.87. The molecule has 0 atom stereocenters. The van der Waals surface area contributed by atoms with E-state index in [1.54, 1.807) is 7.05 Å². The van der Waals surface area contributed by atoms with E-state index in [2.05, 4.69) is 27.3 Å². The summed E-state index contributed by atoms with van der Waals surface area (Å²) in [5, 5.41) is 6.23. The minimum Gasteiger partial charge on any atom is -0.356 e. The molecule has 0 radical (unpaired) electrons. The zero-order chi connectivity index (χ0) is 17.7. The van der Waals surface area contributed by atoms with Crippen molar-refractivity contribution in [2.45, 2.75) is 39.2 Å². The van der Waals surface area contributed by atoms with Gasteiger partial charge in [-0.25, -0.2) is 13.1 Å². The Bertz CT molecular complexity index is 574. The van der Waals surface area contributed by atoms with E-state index >= 15 is 0 Å². The highest BCUT2D eigenvalue weighted by Gasteiger charge is 2.10. The van der Waals surface area contributed by atoms with Gasteiger partial charge in [-0.3, -0.25) is 4.99 Å². The number of sulfonamides is 1. The highest BCUT2D eigenvalue weighted by atomic mass is 32.2. The number of hydrogen-bond donors (Lipinski definition) is 3. The fraction of sp³-hybridized carbons (Fsp3) is 0.588. The molecule has 0 heterocycles. The van der Waals surface area contributed by atoms with Crippen LogP contribution in [-0.2, 0) is 16.6 Å². The van der Waals surface area contributed by atoms with Crippen molar-refractivity contribution in [1.29, 1.82) is 0 Å². The Hall–Kier alpha value is -1.60. The van der Waals surface area contributed by atoms with Crippen molar-refractivity contribution < 1.29 is 8.42 Å². The molecule has 0 amide bonds. The lowest BCUT2D eigenvalue weighted by Gasteiger charge is -2.12. The number of rotatable bonds is 11. The Labute approximate surface area is 146 Å². The molecule has 0 aromatic heterocycles. The highest BCUT2D eigenvalue weighted by molar-refractivity contribution is 7.89. The Morgan fingerprint density at radius 3 is 2.42 bits per heavy atom. The van der Waals surface area contributed by atoms with Gasteiger partial charge in [-0.1, -0.05) is 56.5 Å². The Balaban J connectivity index is 2.23. The van der Waals surface area contributed by atoms with Crippen molar-refractivity contribution >= 4 is 16.0 Å². The van der Waals surface area contributed by atoms with Crippen LogP contribution in [0.15, 0.2) is 35.3 Å². The number of guanidine groups is 1. The van der Waals surface area contributed by atoms with E-state index < -0.39 is 10.0 Å². The molecule has 0 saturated heterocycles. The molecule has 0 aliphatic carbocycles. The number of hydrogen-bond acceptors (Lipinski definition) is 3. The van der Waals surface area contributed by atoms with Crippen LogP contribution >= 0.6 is 0 Å². The second-order valence-electron chi connectivity index (χ2n) is 5.61. The molecule has 1 aromatic rings. The summed E-state index contributed by atoms with van der Waals surface area (Å²) in [5.41, 5.74) is 0.943. The standard InChI is InChI=1S/C17H30N4O2S/c1-3-4-5-9-12-19-17(18-2)20-13-14-24(22,23)21-15-16-10-7-6-8-11-16/h6-8,10-11,21H,3-5,9,12-15H2,1-2H3,(H2,18,19,20). The van der Waals surface area contributed by atoms with Crippen LogP contribution in [-0.4, -0.2) is 40.3 Å². The number of nitrogens with zero attached hydrogens (tertiary/aromatic N) is 1. The molecular weight excluding hydrogens is 324 g/mol. The predicted molar refractivity (Wildman–Crippen MR) is 101 cm³/mol. The van der Waals surface area contributed by atoms with Crippen LogP contribution in [0.3, 0.4) is 0 Å². The minimum absolute atomic E-state index is 0.0103. The van der Waals surface area contributed by atoms with Crippen molar-refractivity contribution in [3.63, 3.8) is 0 Å². The van der Waals surface area contributed by atoms with Gasteiger partial charge < -0.3 is 10.6 Å². The molecule has 0 bridgehead atoms. The second-order valence-corrected chi connectivity index (χ2v) is 7.54. The van der Waals surface area contributed by atoms with Crippen LogP contribution in [0, 0.1) is 0 Å². The number of benzene rings is 1. The maximum atomic E-state index is 12.0. The molecule has 136 valence electrons. The average molecular weight is 355 g/mol. The topological polar surface area (TPSA) is 82.6 Å². The van der Waals surface area contributed by atoms with Crippen LogP contribution in [0.1, 0.15) is 38.2 Å². The van der Waals surface area contributed by atoms with Gasteiger partial charge in [0.25, 0.3) is 0 Å². The third-order valence-electron chi connectivity index (χ3n) is 3.55. The molecule has 6 nitrogen and oxygen atoms in total. The van der Waals surface area contributed by atoms with Crippen LogP contribution < -0.4 is 15.4 Å². The zero-order valence-electron chi connectivity index (χ0n) is 14.7. The molecular formula is C17H30N4O2S. The first-order valence-corrected chi connectivity index (χ1v) is 10.2. The molecule has 0 fully saturated rings. The van der Waals surface area contributed by atoms with Gasteiger partial charge in [0.05, 0.1) is 5.75 Å². The Morgan fingerprint density at radius 2 is 1.75 bits per heavy atom. The fourth-order valence-electron chi connectivity index (χ4n) is 2.14. The monoisotopic (exact) mass is 354 g/mol. The molecule has 3 N–H and O–H groups in total. The molecule has 7 heteroatoms. The van der Waals surface area contributed by atoms with Gasteiger partial charge in [-0.05, 0) is 12.0 Å². The minimum atomic E-state index is -3.31. The van der Waals surface area contributed by atoms with Crippen LogP contribution in [0.2, 0.25) is 0 Å². The summed E-state index contributed by atoms with van der Waals surface area (Å²) in [6, 6.07) is 9.47. The van der Waals surface area contributed by atoms with Gasteiger partial charge in [0.1, 0.15) is 0 Å². The van der Waals surface area contributed by atoms with Crippen LogP contribution in [0.25, 0.3) is 0 Å². The Morgan fingerprint density at radius 1 is 1.04 bits per heavy atom. The SMILES string of the molecule is CCCCCCNC(=NC)NCCS(=O)(=O)NCc1ccccc1. The summed E-state index contributed by atoms with van der Waals surface area (Å²) in [4.78, 5) is 4.10. The molecule has 0 aliphatic rings. The van der Waals surface area contributed by atoms with E-state index in [1.807, 2.05) is 30.3 Å². The summed E-state index contributed by atoms with van der Waals surface area (Å²) in [6.45, 7) is 3.66. The summed E-state index contributed by atoms with van der Waals surface area (Å²) >= 11 is 0. The van der Waals surface area contributed by atoms with Crippen molar-refractivity contribution in [3.8, 4) is 0 Å². The van der Waals surface area contributed by atoms with Crippen molar-refractivity contribution in [3.05, 3.63) is 35.9 Å². The van der Waals surface area contributed by atoms with Crippen molar-refractivity contribution in [2.24, 2.45) is 4.99 Å². The van der Waals surface area contributed by atoms with E-state index in [0.717, 1.165) is 18.5 Å². The summed E-state index contributed by atoms with van der Waals surface area (Å²) in [7, 11) is -1.63. The summed E-state index contributed by atoms with van der Waals surface area (Å²) in [6.07, 6.45) is 4.73. The largest absolute Gasteiger partial charge is 0.356 e. The molecule has 1 aromatic carbocycles. The second kappa shape index (κ2) is 11.9. The molecule has 0 spiro atoms. The smallest absolute Gasteiger partial charge is 0.213 e. The van der Waals surface area contributed by atoms with E-state index in [1.165, 1.54) is 19.3 Å². The maximum absolute atomic E-state index is 12.0. The van der Waals surface area contributed by atoms with Gasteiger partial charge in [-0.2, -0.15) is 0 Å². The lowest BCUT2D eigenvalue weighted by molar-refractivity contribution is 0.579. The van der Waals surface area contributed by atoms with Gasteiger partial charge in [0.2, 0.25) is 10.0 Å². The van der Waals surface area contributed by atoms with Crippen LogP contribution in [0.4, 0.5) is 0 Å². The van der Waals surface area contributed by atoms with E-state index in [9.17, 15) is 8.42 Å². The quantitative estimate of drug-likeness (QED) is 0.322. The van der Waals surface area contributed by atoms with E-state index in [4.69, 9.17) is 0 Å². The van der Waals surface area contributed by atoms with Gasteiger partial charge in [0, 0.05) is 26.7 Å². The number of nitrogens with one attached hydrogen (secondary N) is 3. The number of unbranched alkanes of at least 4 members (excludes halogenated alkanes) is 3. The molecule has 0 unspecified atom stereocenters. The molecule has 24 heavy (non-hydrogen) atoms. The van der Waals surface area contributed by atoms with E-state index in [0.29, 0.717) is 19.0 Å².